The van der Waals surface area contributed by atoms with E-state index in [0.29, 0.717) is 11.1 Å². The van der Waals surface area contributed by atoms with Gasteiger partial charge in [0.15, 0.2) is 0 Å². The summed E-state index contributed by atoms with van der Waals surface area (Å²) in [5, 5.41) is 0. The molecule has 1 nitrogen and oxygen atoms in total. The molecule has 2 rings (SSSR count). The molecule has 0 aliphatic carbocycles. The first kappa shape index (κ1) is 15.4. The molecule has 2 bridgehead atoms. The lowest BCUT2D eigenvalue weighted by Crippen LogP contribution is -2.52. The molecule has 19 heavy (non-hydrogen) atoms. The van der Waals surface area contributed by atoms with Gasteiger partial charge in [0.2, 0.25) is 0 Å². The molecule has 2 aliphatic rings. The van der Waals surface area contributed by atoms with Crippen molar-refractivity contribution in [1.82, 2.24) is 4.90 Å². The van der Waals surface area contributed by atoms with E-state index in [1.807, 2.05) is 0 Å². The number of hydrogen-bond acceptors (Lipinski definition) is 1. The molecule has 2 aliphatic heterocycles. The van der Waals surface area contributed by atoms with Gasteiger partial charge in [-0.1, -0.05) is 52.4 Å². The molecule has 0 aromatic heterocycles. The van der Waals surface area contributed by atoms with E-state index >= 15 is 0 Å². The van der Waals surface area contributed by atoms with Gasteiger partial charge in [-0.05, 0) is 45.4 Å². The molecule has 1 heteroatoms. The van der Waals surface area contributed by atoms with E-state index in [-0.39, 0.29) is 0 Å². The van der Waals surface area contributed by atoms with Crippen LogP contribution in [0.1, 0.15) is 91.9 Å². The second-order valence-corrected chi connectivity index (χ2v) is 8.12. The number of rotatable bonds is 2. The maximum absolute atomic E-state index is 2.93. The lowest BCUT2D eigenvalue weighted by molar-refractivity contribution is 0.0318. The summed E-state index contributed by atoms with van der Waals surface area (Å²) in [5.41, 5.74) is 0.979. The summed E-state index contributed by atoms with van der Waals surface area (Å²) in [7, 11) is 0. The summed E-state index contributed by atoms with van der Waals surface area (Å²) >= 11 is 0. The highest BCUT2D eigenvalue weighted by atomic mass is 15.3. The fourth-order valence-electron chi connectivity index (χ4n) is 4.50. The van der Waals surface area contributed by atoms with E-state index in [9.17, 15) is 0 Å². The van der Waals surface area contributed by atoms with Crippen LogP contribution >= 0.6 is 0 Å². The van der Waals surface area contributed by atoms with Crippen molar-refractivity contribution in [2.45, 2.75) is 103 Å². The van der Waals surface area contributed by atoms with Crippen molar-refractivity contribution >= 4 is 0 Å². The van der Waals surface area contributed by atoms with Crippen molar-refractivity contribution in [3.8, 4) is 0 Å². The fourth-order valence-corrected chi connectivity index (χ4v) is 4.50. The van der Waals surface area contributed by atoms with Gasteiger partial charge in [0.25, 0.3) is 0 Å². The van der Waals surface area contributed by atoms with E-state index in [0.717, 1.165) is 5.92 Å². The fraction of sp³-hybridized carbons (Fsp3) is 1.00. The molecule has 0 radical (unpaired) electrons. The van der Waals surface area contributed by atoms with Gasteiger partial charge in [0.1, 0.15) is 0 Å². The number of fused-ring (bicyclic) bond motifs is 2. The Morgan fingerprint density at radius 1 is 0.737 bits per heavy atom. The van der Waals surface area contributed by atoms with Crippen molar-refractivity contribution in [1.29, 1.82) is 0 Å². The Balaban J connectivity index is 2.17. The van der Waals surface area contributed by atoms with Crippen molar-refractivity contribution in [2.24, 2.45) is 5.92 Å². The van der Waals surface area contributed by atoms with Crippen LogP contribution in [0.4, 0.5) is 0 Å². The van der Waals surface area contributed by atoms with Gasteiger partial charge in [0.05, 0.1) is 0 Å². The SMILES string of the molecule is CC(C)CN1C2(C)CCCCCCCCC1(C)CC2. The quantitative estimate of drug-likeness (QED) is 0.647. The number of nitrogens with zero attached hydrogens (tertiary/aromatic N) is 1. The smallest absolute Gasteiger partial charge is 0.0187 e. The Labute approximate surface area is 121 Å². The van der Waals surface area contributed by atoms with Gasteiger partial charge < -0.3 is 0 Å². The third-order valence-corrected chi connectivity index (χ3v) is 5.73. The molecule has 2 unspecified atom stereocenters. The van der Waals surface area contributed by atoms with Crippen molar-refractivity contribution in [2.75, 3.05) is 6.54 Å². The molecule has 2 fully saturated rings. The lowest BCUT2D eigenvalue weighted by atomic mass is 9.90. The highest BCUT2D eigenvalue weighted by molar-refractivity contribution is 5.04. The zero-order chi connectivity index (χ0) is 13.9. The van der Waals surface area contributed by atoms with E-state index in [2.05, 4.69) is 32.6 Å². The van der Waals surface area contributed by atoms with Gasteiger partial charge in [-0.25, -0.2) is 0 Å². The van der Waals surface area contributed by atoms with Crippen LogP contribution in [0.15, 0.2) is 0 Å². The zero-order valence-corrected chi connectivity index (χ0v) is 13.8. The molecular weight excluding hydrogens is 230 g/mol. The van der Waals surface area contributed by atoms with Gasteiger partial charge >= 0.3 is 0 Å². The van der Waals surface area contributed by atoms with Gasteiger partial charge in [0, 0.05) is 17.6 Å². The second kappa shape index (κ2) is 6.16. The Kier molecular flexibility index (Phi) is 4.98. The third-order valence-electron chi connectivity index (χ3n) is 5.73. The average Bonchev–Trinajstić information content (AvgIpc) is 2.56. The summed E-state index contributed by atoms with van der Waals surface area (Å²) < 4.78 is 0. The van der Waals surface area contributed by atoms with Crippen molar-refractivity contribution < 1.29 is 0 Å². The Morgan fingerprint density at radius 2 is 1.16 bits per heavy atom. The molecule has 0 N–H and O–H groups in total. The van der Waals surface area contributed by atoms with Crippen molar-refractivity contribution in [3.63, 3.8) is 0 Å². The molecule has 2 saturated heterocycles. The molecule has 112 valence electrons. The summed E-state index contributed by atoms with van der Waals surface area (Å²) in [4.78, 5) is 2.93. The summed E-state index contributed by atoms with van der Waals surface area (Å²) in [6.07, 6.45) is 14.5. The summed E-state index contributed by atoms with van der Waals surface area (Å²) in [5.74, 6) is 0.793. The summed E-state index contributed by atoms with van der Waals surface area (Å²) in [6.45, 7) is 11.2. The molecule has 0 saturated carbocycles. The largest absolute Gasteiger partial charge is 0.292 e. The zero-order valence-electron chi connectivity index (χ0n) is 13.8. The van der Waals surface area contributed by atoms with E-state index in [1.54, 1.807) is 0 Å². The highest BCUT2D eigenvalue weighted by Gasteiger charge is 2.48. The third kappa shape index (κ3) is 3.54. The molecule has 0 aromatic carbocycles. The summed E-state index contributed by atoms with van der Waals surface area (Å²) in [6, 6.07) is 0. The Bertz CT molecular complexity index is 261. The molecule has 0 spiro atoms. The first-order valence-electron chi connectivity index (χ1n) is 8.74. The standard InChI is InChI=1S/C18H35N/c1-16(2)15-19-17(3)11-9-7-5-6-8-10-12-18(19,4)14-13-17/h16H,5-15H2,1-4H3. The minimum absolute atomic E-state index is 0.489. The van der Waals surface area contributed by atoms with Gasteiger partial charge in [-0.2, -0.15) is 0 Å². The van der Waals surface area contributed by atoms with Crippen LogP contribution < -0.4 is 0 Å². The molecule has 0 aromatic rings. The van der Waals surface area contributed by atoms with E-state index in [1.165, 1.54) is 70.8 Å². The average molecular weight is 265 g/mol. The van der Waals surface area contributed by atoms with Crippen LogP contribution in [0.2, 0.25) is 0 Å². The molecule has 2 heterocycles. The topological polar surface area (TPSA) is 3.24 Å². The van der Waals surface area contributed by atoms with Gasteiger partial charge in [-0.15, -0.1) is 0 Å². The molecule has 0 amide bonds. The first-order chi connectivity index (χ1) is 8.96. The second-order valence-electron chi connectivity index (χ2n) is 8.12. The van der Waals surface area contributed by atoms with Crippen LogP contribution in [-0.4, -0.2) is 22.5 Å². The van der Waals surface area contributed by atoms with Gasteiger partial charge in [-0.3, -0.25) is 4.90 Å². The number of hydrogen-bond donors (Lipinski definition) is 0. The minimum atomic E-state index is 0.489. The van der Waals surface area contributed by atoms with Crippen LogP contribution in [-0.2, 0) is 0 Å². The monoisotopic (exact) mass is 265 g/mol. The minimum Gasteiger partial charge on any atom is -0.292 e. The van der Waals surface area contributed by atoms with Crippen LogP contribution in [0, 0.1) is 5.92 Å². The highest BCUT2D eigenvalue weighted by Crippen LogP contribution is 2.46. The van der Waals surface area contributed by atoms with Crippen LogP contribution in [0.3, 0.4) is 0 Å². The van der Waals surface area contributed by atoms with Crippen LogP contribution in [0.5, 0.6) is 0 Å². The Morgan fingerprint density at radius 3 is 1.58 bits per heavy atom. The lowest BCUT2D eigenvalue weighted by Gasteiger charge is -2.45. The first-order valence-corrected chi connectivity index (χ1v) is 8.74. The maximum atomic E-state index is 2.93. The predicted molar refractivity (Wildman–Crippen MR) is 84.5 cm³/mol. The van der Waals surface area contributed by atoms with E-state index < -0.39 is 0 Å². The normalized spacial score (nSPS) is 38.4. The van der Waals surface area contributed by atoms with Crippen LogP contribution in [0.25, 0.3) is 0 Å². The molecular formula is C18H35N. The van der Waals surface area contributed by atoms with Crippen molar-refractivity contribution in [3.05, 3.63) is 0 Å². The Hall–Kier alpha value is -0.0400. The van der Waals surface area contributed by atoms with E-state index in [4.69, 9.17) is 0 Å². The molecule has 2 atom stereocenters. The predicted octanol–water partition coefficient (Wildman–Crippen LogP) is 5.39. The maximum Gasteiger partial charge on any atom is 0.0187 e.